The summed E-state index contributed by atoms with van der Waals surface area (Å²) in [6.07, 6.45) is 19.6. The van der Waals surface area contributed by atoms with E-state index in [0.29, 0.717) is 12.5 Å². The van der Waals surface area contributed by atoms with Crippen LogP contribution in [0.4, 0.5) is 0 Å². The van der Waals surface area contributed by atoms with Crippen LogP contribution in [0, 0.1) is 23.2 Å². The van der Waals surface area contributed by atoms with Gasteiger partial charge in [0, 0.05) is 23.7 Å². The fraction of sp³-hybridized carbons (Fsp3) is 0.641. The van der Waals surface area contributed by atoms with Gasteiger partial charge in [-0.15, -0.1) is 0 Å². The van der Waals surface area contributed by atoms with Crippen molar-refractivity contribution in [2.75, 3.05) is 27.2 Å². The Morgan fingerprint density at radius 1 is 1.05 bits per heavy atom. The van der Waals surface area contributed by atoms with E-state index in [2.05, 4.69) is 101 Å². The second kappa shape index (κ2) is 16.6. The smallest absolute Gasteiger partial charge is 0.243 e. The molecule has 5 heteroatoms. The summed E-state index contributed by atoms with van der Waals surface area (Å²) >= 11 is 0. The summed E-state index contributed by atoms with van der Waals surface area (Å²) in [6, 6.07) is 10.9. The topological polar surface area (TPSA) is 52.7 Å². The first-order chi connectivity index (χ1) is 20.9. The van der Waals surface area contributed by atoms with E-state index in [4.69, 9.17) is 0 Å². The van der Waals surface area contributed by atoms with Gasteiger partial charge in [-0.05, 0) is 101 Å². The molecule has 0 heterocycles. The van der Waals surface area contributed by atoms with Gasteiger partial charge in [0.05, 0.1) is 6.54 Å². The molecule has 2 aliphatic rings. The Morgan fingerprint density at radius 3 is 2.27 bits per heavy atom. The number of rotatable bonds is 15. The van der Waals surface area contributed by atoms with Gasteiger partial charge in [-0.1, -0.05) is 102 Å². The zero-order valence-electron chi connectivity index (χ0n) is 29.1. The van der Waals surface area contributed by atoms with Crippen molar-refractivity contribution in [1.82, 2.24) is 15.1 Å². The summed E-state index contributed by atoms with van der Waals surface area (Å²) in [7, 11) is 4.38. The summed E-state index contributed by atoms with van der Waals surface area (Å²) in [5.74, 6) is 0.974. The molecule has 2 atom stereocenters. The Morgan fingerprint density at radius 2 is 1.70 bits per heavy atom. The van der Waals surface area contributed by atoms with Crippen LogP contribution in [-0.2, 0) is 15.1 Å². The molecule has 3 rings (SSSR count). The second-order valence-corrected chi connectivity index (χ2v) is 14.6. The molecule has 2 saturated carbocycles. The van der Waals surface area contributed by atoms with E-state index in [1.807, 2.05) is 24.8 Å². The predicted octanol–water partition coefficient (Wildman–Crippen LogP) is 8.64. The molecule has 2 fully saturated rings. The van der Waals surface area contributed by atoms with Gasteiger partial charge in [0.1, 0.15) is 0 Å². The van der Waals surface area contributed by atoms with Crippen molar-refractivity contribution in [3.8, 4) is 0 Å². The minimum absolute atomic E-state index is 0.00340. The minimum atomic E-state index is -0.119. The van der Waals surface area contributed by atoms with Gasteiger partial charge in [-0.2, -0.15) is 0 Å². The van der Waals surface area contributed by atoms with Crippen LogP contribution in [0.3, 0.4) is 0 Å². The quantitative estimate of drug-likeness (QED) is 0.204. The number of hydrogen-bond donors (Lipinski definition) is 1. The highest BCUT2D eigenvalue weighted by molar-refractivity contribution is 5.86. The van der Waals surface area contributed by atoms with E-state index in [9.17, 15) is 9.59 Å². The maximum Gasteiger partial charge on any atom is 0.243 e. The highest BCUT2D eigenvalue weighted by atomic mass is 16.2. The number of nitrogens with zero attached hydrogens (tertiary/aromatic N) is 2. The van der Waals surface area contributed by atoms with Crippen molar-refractivity contribution in [3.05, 3.63) is 71.5 Å². The summed E-state index contributed by atoms with van der Waals surface area (Å²) in [6.45, 7) is 13.5. The minimum Gasteiger partial charge on any atom is -0.333 e. The van der Waals surface area contributed by atoms with E-state index in [1.165, 1.54) is 24.8 Å². The molecule has 1 aromatic rings. The van der Waals surface area contributed by atoms with Crippen molar-refractivity contribution >= 4 is 11.8 Å². The molecule has 0 radical (unpaired) electrons. The van der Waals surface area contributed by atoms with Crippen LogP contribution in [0.1, 0.15) is 111 Å². The van der Waals surface area contributed by atoms with Gasteiger partial charge in [0.2, 0.25) is 11.8 Å². The number of carbonyl (C=O) groups is 2. The summed E-state index contributed by atoms with van der Waals surface area (Å²) < 4.78 is 0. The average molecular weight is 604 g/mol. The Hall–Kier alpha value is -2.66. The van der Waals surface area contributed by atoms with Crippen LogP contribution in [0.25, 0.3) is 0 Å². The molecular formula is C39H61N3O2. The lowest BCUT2D eigenvalue weighted by atomic mass is 9.65. The molecule has 0 bridgehead atoms. The van der Waals surface area contributed by atoms with Gasteiger partial charge in [0.15, 0.2) is 0 Å². The molecule has 44 heavy (non-hydrogen) atoms. The number of allylic oxidation sites excluding steroid dienone is 6. The zero-order chi connectivity index (χ0) is 32.3. The number of nitrogens with one attached hydrogen (secondary N) is 1. The molecule has 2 unspecified atom stereocenters. The molecule has 2 aliphatic carbocycles. The molecule has 2 amide bonds. The number of hydrogen-bond acceptors (Lipinski definition) is 3. The van der Waals surface area contributed by atoms with Crippen molar-refractivity contribution in [2.24, 2.45) is 23.2 Å². The van der Waals surface area contributed by atoms with Crippen molar-refractivity contribution < 1.29 is 9.59 Å². The highest BCUT2D eigenvalue weighted by Crippen LogP contribution is 2.48. The molecular weight excluding hydrogens is 542 g/mol. The van der Waals surface area contributed by atoms with Crippen LogP contribution < -0.4 is 5.32 Å². The van der Waals surface area contributed by atoms with Crippen molar-refractivity contribution in [3.63, 3.8) is 0 Å². The highest BCUT2D eigenvalue weighted by Gasteiger charge is 2.44. The normalized spacial score (nSPS) is 24.7. The molecule has 1 aromatic carbocycles. The maximum absolute atomic E-state index is 14.1. The van der Waals surface area contributed by atoms with Gasteiger partial charge < -0.3 is 10.2 Å². The van der Waals surface area contributed by atoms with E-state index >= 15 is 0 Å². The monoisotopic (exact) mass is 603 g/mol. The van der Waals surface area contributed by atoms with Crippen molar-refractivity contribution in [2.45, 2.75) is 111 Å². The molecule has 0 aliphatic heterocycles. The third-order valence-electron chi connectivity index (χ3n) is 10.6. The molecule has 0 aromatic heterocycles. The van der Waals surface area contributed by atoms with Gasteiger partial charge >= 0.3 is 0 Å². The third-order valence-corrected chi connectivity index (χ3v) is 10.6. The standard InChI is InChI=1S/C39H61N3O2/c1-9-10-11-13-17-30(2)26-32(4)40-36(43)28-42(37(44)33(5)31(3)27-34-18-16-19-34)29-38(6)22-24-39(25-23-38,41(7)8)35-20-14-12-15-21-35/h11-15,17,20-21,26,31,33-34H,9-10,16,18-19,22-25,27-29H2,1-8H3,(H,40,43)/b13-11+,30-17-,32-26+. The Kier molecular flexibility index (Phi) is 13.5. The SMILES string of the molecule is CCC/C=C/C=C(C)\C=C(/C)NC(=O)CN(CC1(C)CCC(c2ccccc2)(N(C)C)CC1)C(=O)C(C)C(C)CC1CCC1. The Labute approximate surface area is 269 Å². The zero-order valence-corrected chi connectivity index (χ0v) is 29.1. The Bertz CT molecular complexity index is 1150. The summed E-state index contributed by atoms with van der Waals surface area (Å²) in [5, 5.41) is 3.07. The van der Waals surface area contributed by atoms with Gasteiger partial charge in [-0.25, -0.2) is 0 Å². The van der Waals surface area contributed by atoms with Gasteiger partial charge in [0.25, 0.3) is 0 Å². The number of carbonyl (C=O) groups excluding carboxylic acids is 2. The first-order valence-electron chi connectivity index (χ1n) is 17.2. The van der Waals surface area contributed by atoms with Crippen LogP contribution in [0.5, 0.6) is 0 Å². The number of benzene rings is 1. The first kappa shape index (κ1) is 35.8. The number of unbranched alkanes of at least 4 members (excludes halogenated alkanes) is 1. The molecule has 5 nitrogen and oxygen atoms in total. The summed E-state index contributed by atoms with van der Waals surface area (Å²) in [5.41, 5.74) is 3.20. The molecule has 0 saturated heterocycles. The van der Waals surface area contributed by atoms with E-state index < -0.39 is 0 Å². The first-order valence-corrected chi connectivity index (χ1v) is 17.2. The lowest BCUT2D eigenvalue weighted by molar-refractivity contribution is -0.142. The van der Waals surface area contributed by atoms with E-state index in [-0.39, 0.29) is 35.2 Å². The molecule has 244 valence electrons. The van der Waals surface area contributed by atoms with E-state index in [0.717, 1.165) is 62.1 Å². The lowest BCUT2D eigenvalue weighted by Gasteiger charge is -2.50. The fourth-order valence-corrected chi connectivity index (χ4v) is 7.17. The largest absolute Gasteiger partial charge is 0.333 e. The molecule has 0 spiro atoms. The van der Waals surface area contributed by atoms with Crippen LogP contribution in [0.15, 0.2) is 65.9 Å². The molecule has 1 N–H and O–H groups in total. The van der Waals surface area contributed by atoms with Gasteiger partial charge in [-0.3, -0.25) is 14.5 Å². The van der Waals surface area contributed by atoms with Crippen LogP contribution in [-0.4, -0.2) is 48.8 Å². The maximum atomic E-state index is 14.1. The lowest BCUT2D eigenvalue weighted by Crippen LogP contribution is -2.51. The average Bonchev–Trinajstić information content (AvgIpc) is 2.96. The van der Waals surface area contributed by atoms with Crippen molar-refractivity contribution in [1.29, 1.82) is 0 Å². The Balaban J connectivity index is 1.75. The third kappa shape index (κ3) is 9.92. The number of amides is 2. The van der Waals surface area contributed by atoms with Crippen LogP contribution in [0.2, 0.25) is 0 Å². The second-order valence-electron chi connectivity index (χ2n) is 14.6. The summed E-state index contributed by atoms with van der Waals surface area (Å²) in [4.78, 5) is 31.8. The predicted molar refractivity (Wildman–Crippen MR) is 185 cm³/mol. The van der Waals surface area contributed by atoms with Crippen LogP contribution >= 0.6 is 0 Å². The van der Waals surface area contributed by atoms with E-state index in [1.54, 1.807) is 0 Å². The fourth-order valence-electron chi connectivity index (χ4n) is 7.17.